The molecule has 25 heavy (non-hydrogen) atoms. The van der Waals surface area contributed by atoms with Gasteiger partial charge in [0, 0.05) is 46.3 Å². The van der Waals surface area contributed by atoms with Crippen LogP contribution in [0.3, 0.4) is 0 Å². The second-order valence-corrected chi connectivity index (χ2v) is 6.69. The molecule has 0 spiro atoms. The molecule has 0 saturated carbocycles. The zero-order valence-corrected chi connectivity index (χ0v) is 15.2. The molecule has 1 aliphatic rings. The van der Waals surface area contributed by atoms with Crippen molar-refractivity contribution in [3.8, 4) is 0 Å². The maximum Gasteiger partial charge on any atom is 0.323 e. The number of hydrogen-bond donors (Lipinski definition) is 0. The van der Waals surface area contributed by atoms with E-state index in [0.717, 1.165) is 44.6 Å². The highest BCUT2D eigenvalue weighted by Gasteiger charge is 2.25. The standard InChI is InChI=1S/C17H26N6O2/c1-4-23-14(7-10-18-23)16(24)22-11-8-13(9-12-22)5-6-15-19-17(21(2)3)25-20-15/h7,10,13H,4-6,8-9,11-12H2,1-3H3. The van der Waals surface area contributed by atoms with E-state index in [2.05, 4.69) is 15.2 Å². The number of likely N-dealkylation sites (tertiary alicyclic amines) is 1. The minimum Gasteiger partial charge on any atom is -0.337 e. The molecule has 0 aliphatic carbocycles. The van der Waals surface area contributed by atoms with Crippen molar-refractivity contribution in [1.82, 2.24) is 24.8 Å². The minimum absolute atomic E-state index is 0.0894. The predicted octanol–water partition coefficient (Wildman–Crippen LogP) is 1.84. The number of carbonyl (C=O) groups is 1. The van der Waals surface area contributed by atoms with E-state index in [9.17, 15) is 4.79 Å². The number of rotatable bonds is 6. The Morgan fingerprint density at radius 1 is 1.36 bits per heavy atom. The zero-order chi connectivity index (χ0) is 17.8. The van der Waals surface area contributed by atoms with Crippen molar-refractivity contribution >= 4 is 11.9 Å². The van der Waals surface area contributed by atoms with Gasteiger partial charge in [0.1, 0.15) is 5.69 Å². The van der Waals surface area contributed by atoms with Gasteiger partial charge in [-0.3, -0.25) is 9.48 Å². The van der Waals surface area contributed by atoms with E-state index in [4.69, 9.17) is 4.52 Å². The summed E-state index contributed by atoms with van der Waals surface area (Å²) in [6, 6.07) is 2.35. The molecule has 0 unspecified atom stereocenters. The summed E-state index contributed by atoms with van der Waals surface area (Å²) in [6.07, 6.45) is 5.57. The summed E-state index contributed by atoms with van der Waals surface area (Å²) < 4.78 is 6.94. The lowest BCUT2D eigenvalue weighted by Gasteiger charge is -2.32. The molecule has 0 atom stereocenters. The van der Waals surface area contributed by atoms with Crippen LogP contribution in [0.25, 0.3) is 0 Å². The molecule has 3 heterocycles. The summed E-state index contributed by atoms with van der Waals surface area (Å²) in [5.41, 5.74) is 0.684. The molecule has 8 heteroatoms. The largest absolute Gasteiger partial charge is 0.337 e. The third-order valence-corrected chi connectivity index (χ3v) is 4.75. The molecule has 3 rings (SSSR count). The number of aromatic nitrogens is 4. The van der Waals surface area contributed by atoms with Gasteiger partial charge in [0.25, 0.3) is 5.91 Å². The number of nitrogens with zero attached hydrogens (tertiary/aromatic N) is 6. The topological polar surface area (TPSA) is 80.3 Å². The Morgan fingerprint density at radius 2 is 2.12 bits per heavy atom. The minimum atomic E-state index is 0.0894. The van der Waals surface area contributed by atoms with Crippen molar-refractivity contribution in [2.75, 3.05) is 32.1 Å². The first kappa shape index (κ1) is 17.4. The van der Waals surface area contributed by atoms with Gasteiger partial charge in [0.2, 0.25) is 0 Å². The van der Waals surface area contributed by atoms with Crippen LogP contribution in [0.5, 0.6) is 0 Å². The van der Waals surface area contributed by atoms with Gasteiger partial charge in [-0.2, -0.15) is 10.1 Å². The Kier molecular flexibility index (Phi) is 5.35. The van der Waals surface area contributed by atoms with Gasteiger partial charge in [-0.05, 0) is 38.2 Å². The summed E-state index contributed by atoms with van der Waals surface area (Å²) >= 11 is 0. The van der Waals surface area contributed by atoms with Gasteiger partial charge in [-0.1, -0.05) is 5.16 Å². The zero-order valence-electron chi connectivity index (χ0n) is 15.2. The van der Waals surface area contributed by atoms with E-state index in [1.807, 2.05) is 30.8 Å². The Bertz CT molecular complexity index is 700. The lowest BCUT2D eigenvalue weighted by Crippen LogP contribution is -2.39. The number of aryl methyl sites for hydroxylation is 2. The maximum atomic E-state index is 12.6. The van der Waals surface area contributed by atoms with E-state index in [-0.39, 0.29) is 5.91 Å². The third-order valence-electron chi connectivity index (χ3n) is 4.75. The molecule has 0 N–H and O–H groups in total. The Hall–Kier alpha value is -2.38. The lowest BCUT2D eigenvalue weighted by molar-refractivity contribution is 0.0674. The second kappa shape index (κ2) is 7.67. The van der Waals surface area contributed by atoms with Crippen molar-refractivity contribution in [2.24, 2.45) is 5.92 Å². The lowest BCUT2D eigenvalue weighted by atomic mass is 9.92. The SMILES string of the molecule is CCn1nccc1C(=O)N1CCC(CCc2noc(N(C)C)n2)CC1. The van der Waals surface area contributed by atoms with E-state index in [1.54, 1.807) is 16.9 Å². The van der Waals surface area contributed by atoms with Crippen LogP contribution in [0, 0.1) is 5.92 Å². The molecule has 1 aliphatic heterocycles. The maximum absolute atomic E-state index is 12.6. The fraction of sp³-hybridized carbons (Fsp3) is 0.647. The average Bonchev–Trinajstić information content (AvgIpc) is 3.29. The van der Waals surface area contributed by atoms with Crippen LogP contribution in [-0.2, 0) is 13.0 Å². The van der Waals surface area contributed by atoms with Crippen LogP contribution in [0.4, 0.5) is 6.01 Å². The number of hydrogen-bond acceptors (Lipinski definition) is 6. The highest BCUT2D eigenvalue weighted by molar-refractivity contribution is 5.92. The molecule has 0 radical (unpaired) electrons. The predicted molar refractivity (Wildman–Crippen MR) is 93.5 cm³/mol. The Balaban J connectivity index is 1.47. The van der Waals surface area contributed by atoms with Gasteiger partial charge >= 0.3 is 6.01 Å². The number of anilines is 1. The molecule has 1 saturated heterocycles. The van der Waals surface area contributed by atoms with Gasteiger partial charge in [0.05, 0.1) is 0 Å². The quantitative estimate of drug-likeness (QED) is 0.794. The van der Waals surface area contributed by atoms with E-state index < -0.39 is 0 Å². The van der Waals surface area contributed by atoms with E-state index >= 15 is 0 Å². The van der Waals surface area contributed by atoms with Gasteiger partial charge in [-0.25, -0.2) is 0 Å². The van der Waals surface area contributed by atoms with Crippen LogP contribution < -0.4 is 4.90 Å². The van der Waals surface area contributed by atoms with Gasteiger partial charge < -0.3 is 14.3 Å². The van der Waals surface area contributed by atoms with Crippen molar-refractivity contribution < 1.29 is 9.32 Å². The molecule has 1 amide bonds. The van der Waals surface area contributed by atoms with Crippen molar-refractivity contribution in [1.29, 1.82) is 0 Å². The number of amides is 1. The Labute approximate surface area is 147 Å². The highest BCUT2D eigenvalue weighted by Crippen LogP contribution is 2.23. The fourth-order valence-corrected chi connectivity index (χ4v) is 3.21. The summed E-state index contributed by atoms with van der Waals surface area (Å²) in [6.45, 7) is 4.31. The molecule has 2 aromatic rings. The monoisotopic (exact) mass is 346 g/mol. The van der Waals surface area contributed by atoms with Crippen molar-refractivity contribution in [3.63, 3.8) is 0 Å². The smallest absolute Gasteiger partial charge is 0.323 e. The molecular formula is C17H26N6O2. The second-order valence-electron chi connectivity index (χ2n) is 6.69. The fourth-order valence-electron chi connectivity index (χ4n) is 3.21. The molecule has 136 valence electrons. The van der Waals surface area contributed by atoms with Crippen LogP contribution in [-0.4, -0.2) is 57.9 Å². The molecular weight excluding hydrogens is 320 g/mol. The van der Waals surface area contributed by atoms with Crippen LogP contribution in [0.1, 0.15) is 42.5 Å². The summed E-state index contributed by atoms with van der Waals surface area (Å²) in [4.78, 5) is 20.7. The normalized spacial score (nSPS) is 15.6. The summed E-state index contributed by atoms with van der Waals surface area (Å²) in [5, 5.41) is 8.20. The highest BCUT2D eigenvalue weighted by atomic mass is 16.5. The molecule has 8 nitrogen and oxygen atoms in total. The summed E-state index contributed by atoms with van der Waals surface area (Å²) in [5.74, 6) is 1.45. The first-order chi connectivity index (χ1) is 12.1. The van der Waals surface area contributed by atoms with E-state index in [1.165, 1.54) is 0 Å². The van der Waals surface area contributed by atoms with Gasteiger partial charge in [-0.15, -0.1) is 0 Å². The van der Waals surface area contributed by atoms with Crippen LogP contribution in [0.2, 0.25) is 0 Å². The average molecular weight is 346 g/mol. The van der Waals surface area contributed by atoms with Crippen LogP contribution >= 0.6 is 0 Å². The van der Waals surface area contributed by atoms with Gasteiger partial charge in [0.15, 0.2) is 5.82 Å². The first-order valence-corrected chi connectivity index (χ1v) is 8.89. The number of piperidine rings is 1. The molecule has 0 bridgehead atoms. The van der Waals surface area contributed by atoms with Crippen LogP contribution in [0.15, 0.2) is 16.8 Å². The van der Waals surface area contributed by atoms with Crippen molar-refractivity contribution in [3.05, 3.63) is 23.8 Å². The summed E-state index contributed by atoms with van der Waals surface area (Å²) in [7, 11) is 3.77. The molecule has 0 aromatic carbocycles. The Morgan fingerprint density at radius 3 is 2.76 bits per heavy atom. The number of carbonyl (C=O) groups excluding carboxylic acids is 1. The molecule has 2 aromatic heterocycles. The third kappa shape index (κ3) is 4.00. The van der Waals surface area contributed by atoms with E-state index in [0.29, 0.717) is 24.2 Å². The molecule has 1 fully saturated rings. The van der Waals surface area contributed by atoms with Crippen molar-refractivity contribution in [2.45, 2.75) is 39.2 Å². The first-order valence-electron chi connectivity index (χ1n) is 8.89.